The summed E-state index contributed by atoms with van der Waals surface area (Å²) >= 11 is 0. The van der Waals surface area contributed by atoms with Crippen molar-refractivity contribution in [2.45, 2.75) is 53.0 Å². The first-order valence-electron chi connectivity index (χ1n) is 6.24. The Balaban J connectivity index is 2.26. The van der Waals surface area contributed by atoms with Crippen molar-refractivity contribution in [3.05, 3.63) is 0 Å². The SMILES string of the molecule is CC(CCC(C)(C)C)NC(=O)C1CC1C(=O)O. The zero-order valence-electron chi connectivity index (χ0n) is 11.1. The van der Waals surface area contributed by atoms with E-state index in [0.717, 1.165) is 12.8 Å². The van der Waals surface area contributed by atoms with Gasteiger partial charge in [0.05, 0.1) is 11.8 Å². The molecule has 0 saturated heterocycles. The van der Waals surface area contributed by atoms with E-state index in [4.69, 9.17) is 5.11 Å². The predicted octanol–water partition coefficient (Wildman–Crippen LogP) is 2.04. The molecule has 3 unspecified atom stereocenters. The van der Waals surface area contributed by atoms with Gasteiger partial charge in [-0.25, -0.2) is 0 Å². The van der Waals surface area contributed by atoms with Gasteiger partial charge in [0.25, 0.3) is 0 Å². The Bertz CT molecular complexity index is 306. The van der Waals surface area contributed by atoms with E-state index in [1.165, 1.54) is 0 Å². The number of aliphatic carboxylic acids is 1. The normalized spacial score (nSPS) is 25.2. The average Bonchev–Trinajstić information content (AvgIpc) is 2.92. The molecule has 4 nitrogen and oxygen atoms in total. The summed E-state index contributed by atoms with van der Waals surface area (Å²) in [5.74, 6) is -1.71. The molecule has 98 valence electrons. The summed E-state index contributed by atoms with van der Waals surface area (Å²) in [7, 11) is 0. The van der Waals surface area contributed by atoms with E-state index in [0.29, 0.717) is 6.42 Å². The summed E-state index contributed by atoms with van der Waals surface area (Å²) in [6.45, 7) is 8.48. The Morgan fingerprint density at radius 3 is 2.35 bits per heavy atom. The van der Waals surface area contributed by atoms with Crippen LogP contribution >= 0.6 is 0 Å². The molecule has 0 aromatic heterocycles. The molecule has 0 aromatic carbocycles. The van der Waals surface area contributed by atoms with Crippen molar-refractivity contribution in [1.82, 2.24) is 5.32 Å². The molecule has 1 saturated carbocycles. The quantitative estimate of drug-likeness (QED) is 0.774. The minimum absolute atomic E-state index is 0.0983. The van der Waals surface area contributed by atoms with E-state index in [1.807, 2.05) is 6.92 Å². The second-order valence-corrected chi connectivity index (χ2v) is 6.30. The van der Waals surface area contributed by atoms with E-state index in [2.05, 4.69) is 26.1 Å². The first-order valence-corrected chi connectivity index (χ1v) is 6.24. The molecule has 1 amide bonds. The number of carboxylic acids is 1. The second-order valence-electron chi connectivity index (χ2n) is 6.30. The number of carbonyl (C=O) groups excluding carboxylic acids is 1. The number of hydrogen-bond donors (Lipinski definition) is 2. The zero-order valence-corrected chi connectivity index (χ0v) is 11.1. The van der Waals surface area contributed by atoms with E-state index in [-0.39, 0.29) is 23.3 Å². The third-order valence-electron chi connectivity index (χ3n) is 3.16. The molecule has 3 atom stereocenters. The maximum atomic E-state index is 11.7. The van der Waals surface area contributed by atoms with E-state index >= 15 is 0 Å². The highest BCUT2D eigenvalue weighted by Gasteiger charge is 2.48. The van der Waals surface area contributed by atoms with Crippen LogP contribution in [0.5, 0.6) is 0 Å². The Morgan fingerprint density at radius 2 is 1.94 bits per heavy atom. The molecule has 2 N–H and O–H groups in total. The van der Waals surface area contributed by atoms with Crippen LogP contribution in [0.15, 0.2) is 0 Å². The summed E-state index contributed by atoms with van der Waals surface area (Å²) in [6.07, 6.45) is 2.47. The highest BCUT2D eigenvalue weighted by molar-refractivity contribution is 5.89. The van der Waals surface area contributed by atoms with Crippen LogP contribution in [0.4, 0.5) is 0 Å². The fourth-order valence-electron chi connectivity index (χ4n) is 1.83. The van der Waals surface area contributed by atoms with Gasteiger partial charge in [0, 0.05) is 6.04 Å². The van der Waals surface area contributed by atoms with Crippen molar-refractivity contribution < 1.29 is 14.7 Å². The number of amides is 1. The largest absolute Gasteiger partial charge is 0.481 e. The van der Waals surface area contributed by atoms with Crippen molar-refractivity contribution in [1.29, 1.82) is 0 Å². The molecule has 1 aliphatic rings. The third-order valence-corrected chi connectivity index (χ3v) is 3.16. The van der Waals surface area contributed by atoms with Gasteiger partial charge in [-0.3, -0.25) is 9.59 Å². The zero-order chi connectivity index (χ0) is 13.2. The lowest BCUT2D eigenvalue weighted by molar-refractivity contribution is -0.140. The van der Waals surface area contributed by atoms with Crippen molar-refractivity contribution in [2.75, 3.05) is 0 Å². The molecule has 17 heavy (non-hydrogen) atoms. The summed E-state index contributed by atoms with van der Waals surface area (Å²) in [4.78, 5) is 22.3. The van der Waals surface area contributed by atoms with E-state index in [9.17, 15) is 9.59 Å². The first-order chi connectivity index (χ1) is 7.70. The molecule has 1 fully saturated rings. The average molecular weight is 241 g/mol. The third kappa shape index (κ3) is 4.75. The first kappa shape index (κ1) is 14.0. The van der Waals surface area contributed by atoms with Gasteiger partial charge >= 0.3 is 5.97 Å². The van der Waals surface area contributed by atoms with Crippen LogP contribution in [0.2, 0.25) is 0 Å². The fraction of sp³-hybridized carbons (Fsp3) is 0.846. The number of carbonyl (C=O) groups is 2. The van der Waals surface area contributed by atoms with Crippen LogP contribution in [0.1, 0.15) is 47.0 Å². The molecule has 0 spiro atoms. The van der Waals surface area contributed by atoms with Crippen LogP contribution in [-0.2, 0) is 9.59 Å². The van der Waals surface area contributed by atoms with Gasteiger partial charge in [-0.15, -0.1) is 0 Å². The Hall–Kier alpha value is -1.06. The molecule has 0 aliphatic heterocycles. The minimum Gasteiger partial charge on any atom is -0.481 e. The molecule has 0 radical (unpaired) electrons. The van der Waals surface area contributed by atoms with Crippen LogP contribution in [-0.4, -0.2) is 23.0 Å². The van der Waals surface area contributed by atoms with Gasteiger partial charge in [0.2, 0.25) is 5.91 Å². The highest BCUT2D eigenvalue weighted by atomic mass is 16.4. The van der Waals surface area contributed by atoms with E-state index < -0.39 is 11.9 Å². The smallest absolute Gasteiger partial charge is 0.307 e. The van der Waals surface area contributed by atoms with Gasteiger partial charge in [-0.1, -0.05) is 20.8 Å². The van der Waals surface area contributed by atoms with Gasteiger partial charge in [0.15, 0.2) is 0 Å². The molecule has 0 heterocycles. The maximum absolute atomic E-state index is 11.7. The maximum Gasteiger partial charge on any atom is 0.307 e. The summed E-state index contributed by atoms with van der Waals surface area (Å²) in [6, 6.07) is 0.122. The van der Waals surface area contributed by atoms with Crippen LogP contribution in [0, 0.1) is 17.3 Å². The molecule has 0 bridgehead atoms. The number of rotatable bonds is 5. The van der Waals surface area contributed by atoms with E-state index in [1.54, 1.807) is 0 Å². The summed E-state index contributed by atoms with van der Waals surface area (Å²) in [5.41, 5.74) is 0.266. The molecular weight excluding hydrogens is 218 g/mol. The minimum atomic E-state index is -0.854. The van der Waals surface area contributed by atoms with Crippen LogP contribution in [0.25, 0.3) is 0 Å². The van der Waals surface area contributed by atoms with Crippen molar-refractivity contribution in [3.8, 4) is 0 Å². The molecule has 0 aromatic rings. The van der Waals surface area contributed by atoms with Crippen molar-refractivity contribution >= 4 is 11.9 Å². The van der Waals surface area contributed by atoms with Crippen LogP contribution in [0.3, 0.4) is 0 Å². The molecule has 1 rings (SSSR count). The lowest BCUT2D eigenvalue weighted by Gasteiger charge is -2.21. The van der Waals surface area contributed by atoms with Crippen molar-refractivity contribution in [3.63, 3.8) is 0 Å². The van der Waals surface area contributed by atoms with Crippen molar-refractivity contribution in [2.24, 2.45) is 17.3 Å². The molecule has 4 heteroatoms. The fourth-order valence-corrected chi connectivity index (χ4v) is 1.83. The second kappa shape index (κ2) is 5.07. The van der Waals surface area contributed by atoms with Crippen LogP contribution < -0.4 is 5.32 Å². The number of nitrogens with one attached hydrogen (secondary N) is 1. The monoisotopic (exact) mass is 241 g/mol. The lowest BCUT2D eigenvalue weighted by Crippen LogP contribution is -2.35. The Kier molecular flexibility index (Phi) is 4.17. The van der Waals surface area contributed by atoms with Gasteiger partial charge in [-0.2, -0.15) is 0 Å². The molecule has 1 aliphatic carbocycles. The standard InChI is InChI=1S/C13H23NO3/c1-8(5-6-13(2,3)4)14-11(15)9-7-10(9)12(16)17/h8-10H,5-7H2,1-4H3,(H,14,15)(H,16,17). The lowest BCUT2D eigenvalue weighted by atomic mass is 9.89. The number of carboxylic acid groups (broad SMARTS) is 1. The summed E-state index contributed by atoms with van der Waals surface area (Å²) < 4.78 is 0. The predicted molar refractivity (Wildman–Crippen MR) is 65.5 cm³/mol. The Labute approximate surface area is 103 Å². The Morgan fingerprint density at radius 1 is 1.35 bits per heavy atom. The topological polar surface area (TPSA) is 66.4 Å². The number of hydrogen-bond acceptors (Lipinski definition) is 2. The summed E-state index contributed by atoms with van der Waals surface area (Å²) in [5, 5.41) is 11.6. The highest BCUT2D eigenvalue weighted by Crippen LogP contribution is 2.38. The molecular formula is C13H23NO3. The van der Waals surface area contributed by atoms with Gasteiger partial charge < -0.3 is 10.4 Å². The van der Waals surface area contributed by atoms with Gasteiger partial charge in [0.1, 0.15) is 0 Å². The van der Waals surface area contributed by atoms with Gasteiger partial charge in [-0.05, 0) is 31.6 Å².